The topological polar surface area (TPSA) is 56.6 Å². The van der Waals surface area contributed by atoms with Gasteiger partial charge < -0.3 is 14.4 Å². The van der Waals surface area contributed by atoms with E-state index >= 15 is 0 Å². The molecule has 0 saturated carbocycles. The Balaban J connectivity index is 1.83. The molecule has 1 aromatic heterocycles. The first-order chi connectivity index (χ1) is 11.6. The molecule has 3 rings (SSSR count). The van der Waals surface area contributed by atoms with E-state index in [9.17, 15) is 4.79 Å². The maximum atomic E-state index is 12.9. The molecule has 1 aliphatic rings. The van der Waals surface area contributed by atoms with E-state index < -0.39 is 0 Å². The Labute approximate surface area is 149 Å². The van der Waals surface area contributed by atoms with Gasteiger partial charge in [-0.15, -0.1) is 0 Å². The lowest BCUT2D eigenvalue weighted by molar-refractivity contribution is 0.0743. The van der Waals surface area contributed by atoms with Crippen LogP contribution in [0.2, 0.25) is 0 Å². The molecular formula is C17H20BrN3O3. The number of halogens is 1. The molecule has 1 unspecified atom stereocenters. The Hall–Kier alpha value is -1.86. The first-order valence-corrected chi connectivity index (χ1v) is 8.58. The number of hydrogen-bond acceptors (Lipinski definition) is 4. The zero-order chi connectivity index (χ0) is 17.1. The average Bonchev–Trinajstić information content (AvgIpc) is 2.94. The highest BCUT2D eigenvalue weighted by atomic mass is 79.9. The summed E-state index contributed by atoms with van der Waals surface area (Å²) in [5.41, 5.74) is 1.66. The van der Waals surface area contributed by atoms with Crippen LogP contribution in [0.15, 0.2) is 34.9 Å². The molecule has 0 fully saturated rings. The summed E-state index contributed by atoms with van der Waals surface area (Å²) in [5.74, 6) is 0.797. The van der Waals surface area contributed by atoms with Crippen molar-refractivity contribution >= 4 is 21.8 Å². The van der Waals surface area contributed by atoms with Crippen molar-refractivity contribution in [1.29, 1.82) is 0 Å². The van der Waals surface area contributed by atoms with E-state index in [-0.39, 0.29) is 11.9 Å². The summed E-state index contributed by atoms with van der Waals surface area (Å²) in [6, 6.07) is 9.62. The lowest BCUT2D eigenvalue weighted by Crippen LogP contribution is -2.30. The van der Waals surface area contributed by atoms with Crippen molar-refractivity contribution in [2.75, 3.05) is 27.4 Å². The molecule has 1 aliphatic heterocycles. The number of nitrogens with zero attached hydrogens (tertiary/aromatic N) is 3. The Bertz CT molecular complexity index is 714. The van der Waals surface area contributed by atoms with Crippen molar-refractivity contribution in [2.24, 2.45) is 0 Å². The highest BCUT2D eigenvalue weighted by molar-refractivity contribution is 9.10. The molecule has 7 heteroatoms. The van der Waals surface area contributed by atoms with Crippen LogP contribution < -0.4 is 4.74 Å². The Morgan fingerprint density at radius 1 is 1.29 bits per heavy atom. The molecule has 0 radical (unpaired) electrons. The molecule has 0 N–H and O–H groups in total. The van der Waals surface area contributed by atoms with Crippen molar-refractivity contribution in [2.45, 2.75) is 19.0 Å². The fourth-order valence-electron chi connectivity index (χ4n) is 2.94. The third-order valence-corrected chi connectivity index (χ3v) is 4.57. The predicted octanol–water partition coefficient (Wildman–Crippen LogP) is 2.89. The van der Waals surface area contributed by atoms with E-state index in [0.717, 1.165) is 17.7 Å². The van der Waals surface area contributed by atoms with Gasteiger partial charge in [0.25, 0.3) is 5.91 Å². The van der Waals surface area contributed by atoms with Crippen LogP contribution in [-0.2, 0) is 11.3 Å². The minimum atomic E-state index is -0.0115. The quantitative estimate of drug-likeness (QED) is 0.783. The Morgan fingerprint density at radius 2 is 2.04 bits per heavy atom. The van der Waals surface area contributed by atoms with Gasteiger partial charge in [0, 0.05) is 26.3 Å². The number of carbonyl (C=O) groups excluding carboxylic acids is 1. The third kappa shape index (κ3) is 3.47. The summed E-state index contributed by atoms with van der Waals surface area (Å²) in [4.78, 5) is 14.8. The number of hydrogen-bond donors (Lipinski definition) is 0. The van der Waals surface area contributed by atoms with Gasteiger partial charge in [0.1, 0.15) is 16.0 Å². The number of carbonyl (C=O) groups is 1. The molecule has 1 atom stereocenters. The number of aromatic nitrogens is 2. The number of methoxy groups -OCH3 is 2. The summed E-state index contributed by atoms with van der Waals surface area (Å²) >= 11 is 3.37. The third-order valence-electron chi connectivity index (χ3n) is 4.18. The molecule has 0 aliphatic carbocycles. The van der Waals surface area contributed by atoms with Gasteiger partial charge in [0.2, 0.25) is 0 Å². The fourth-order valence-corrected chi connectivity index (χ4v) is 3.33. The van der Waals surface area contributed by atoms with E-state index in [1.54, 1.807) is 25.0 Å². The first kappa shape index (κ1) is 17.0. The van der Waals surface area contributed by atoms with Crippen LogP contribution in [0.1, 0.15) is 28.5 Å². The molecule has 0 spiro atoms. The molecule has 6 nitrogen and oxygen atoms in total. The SMILES string of the molecule is COCC1CCN(Cc2ccc(OC)cc2)C(=O)c2cc(Br)nn21. The van der Waals surface area contributed by atoms with Crippen molar-refractivity contribution in [3.8, 4) is 5.75 Å². The van der Waals surface area contributed by atoms with E-state index in [1.165, 1.54) is 0 Å². The molecule has 1 amide bonds. The maximum Gasteiger partial charge on any atom is 0.272 e. The van der Waals surface area contributed by atoms with Crippen molar-refractivity contribution < 1.29 is 14.3 Å². The van der Waals surface area contributed by atoms with Gasteiger partial charge in [-0.25, -0.2) is 0 Å². The van der Waals surface area contributed by atoms with Gasteiger partial charge in [-0.1, -0.05) is 12.1 Å². The summed E-state index contributed by atoms with van der Waals surface area (Å²) in [7, 11) is 3.31. The minimum Gasteiger partial charge on any atom is -0.497 e. The second kappa shape index (κ2) is 7.36. The van der Waals surface area contributed by atoms with Crippen molar-refractivity contribution in [1.82, 2.24) is 14.7 Å². The Morgan fingerprint density at radius 3 is 2.71 bits per heavy atom. The standard InChI is InChI=1S/C17H20BrN3O3/c1-23-11-13-7-8-20(10-12-3-5-14(24-2)6-4-12)17(22)15-9-16(18)19-21(13)15/h3-6,9,13H,7-8,10-11H2,1-2H3. The molecular weight excluding hydrogens is 374 g/mol. The summed E-state index contributed by atoms with van der Waals surface area (Å²) in [5, 5.41) is 4.42. The van der Waals surface area contributed by atoms with Gasteiger partial charge in [0.15, 0.2) is 0 Å². The highest BCUT2D eigenvalue weighted by Gasteiger charge is 2.29. The van der Waals surface area contributed by atoms with E-state index in [0.29, 0.717) is 30.0 Å². The predicted molar refractivity (Wildman–Crippen MR) is 93.2 cm³/mol. The molecule has 0 bridgehead atoms. The molecule has 128 valence electrons. The van der Waals surface area contributed by atoms with E-state index in [1.807, 2.05) is 29.2 Å². The minimum absolute atomic E-state index is 0.0115. The number of ether oxygens (including phenoxy) is 2. The molecule has 24 heavy (non-hydrogen) atoms. The van der Waals surface area contributed by atoms with Crippen LogP contribution in [0.25, 0.3) is 0 Å². The molecule has 1 aromatic carbocycles. The Kier molecular flexibility index (Phi) is 5.20. The maximum absolute atomic E-state index is 12.9. The number of benzene rings is 1. The van der Waals surface area contributed by atoms with E-state index in [4.69, 9.17) is 9.47 Å². The second-order valence-corrected chi connectivity index (χ2v) is 6.58. The van der Waals surface area contributed by atoms with Gasteiger partial charge in [-0.2, -0.15) is 5.10 Å². The van der Waals surface area contributed by atoms with Crippen molar-refractivity contribution in [3.05, 3.63) is 46.2 Å². The number of rotatable bonds is 5. The second-order valence-electron chi connectivity index (χ2n) is 5.77. The van der Waals surface area contributed by atoms with Crippen LogP contribution in [0, 0.1) is 0 Å². The average molecular weight is 394 g/mol. The van der Waals surface area contributed by atoms with Crippen molar-refractivity contribution in [3.63, 3.8) is 0 Å². The van der Waals surface area contributed by atoms with Crippen LogP contribution in [-0.4, -0.2) is 48.0 Å². The molecule has 0 saturated heterocycles. The summed E-state index contributed by atoms with van der Waals surface area (Å²) in [6.07, 6.45) is 0.802. The lowest BCUT2D eigenvalue weighted by atomic mass is 10.2. The van der Waals surface area contributed by atoms with Gasteiger partial charge >= 0.3 is 0 Å². The number of amides is 1. The molecule has 2 aromatic rings. The van der Waals surface area contributed by atoms with Crippen LogP contribution in [0.5, 0.6) is 5.75 Å². The number of fused-ring (bicyclic) bond motifs is 1. The highest BCUT2D eigenvalue weighted by Crippen LogP contribution is 2.25. The molecule has 2 heterocycles. The first-order valence-electron chi connectivity index (χ1n) is 7.78. The van der Waals surface area contributed by atoms with Gasteiger partial charge in [0.05, 0.1) is 19.8 Å². The normalized spacial score (nSPS) is 17.5. The van der Waals surface area contributed by atoms with E-state index in [2.05, 4.69) is 21.0 Å². The largest absolute Gasteiger partial charge is 0.497 e. The van der Waals surface area contributed by atoms with Gasteiger partial charge in [-0.3, -0.25) is 9.48 Å². The lowest BCUT2D eigenvalue weighted by Gasteiger charge is -2.20. The summed E-state index contributed by atoms with van der Waals surface area (Å²) < 4.78 is 12.9. The summed E-state index contributed by atoms with van der Waals surface area (Å²) in [6.45, 7) is 1.76. The smallest absolute Gasteiger partial charge is 0.272 e. The zero-order valence-electron chi connectivity index (χ0n) is 13.7. The monoisotopic (exact) mass is 393 g/mol. The fraction of sp³-hybridized carbons (Fsp3) is 0.412. The van der Waals surface area contributed by atoms with Gasteiger partial charge in [-0.05, 0) is 40.0 Å². The van der Waals surface area contributed by atoms with Crippen LogP contribution in [0.3, 0.4) is 0 Å². The van der Waals surface area contributed by atoms with Crippen LogP contribution >= 0.6 is 15.9 Å². The zero-order valence-corrected chi connectivity index (χ0v) is 15.3. The van der Waals surface area contributed by atoms with Crippen LogP contribution in [0.4, 0.5) is 0 Å².